The maximum atomic E-state index is 13.8. The van der Waals surface area contributed by atoms with Gasteiger partial charge in [0.15, 0.2) is 17.5 Å². The van der Waals surface area contributed by atoms with E-state index in [9.17, 15) is 22.0 Å². The molecule has 0 atom stereocenters. The second-order valence-corrected chi connectivity index (χ2v) is 7.75. The van der Waals surface area contributed by atoms with Crippen LogP contribution in [-0.4, -0.2) is 59.7 Å². The first-order chi connectivity index (χ1) is 16.2. The number of hydrogen-bond donors (Lipinski definition) is 0. The predicted octanol–water partition coefficient (Wildman–Crippen LogP) is 4.01. The van der Waals surface area contributed by atoms with Crippen molar-refractivity contribution in [3.63, 3.8) is 0 Å². The van der Waals surface area contributed by atoms with Crippen LogP contribution in [0.25, 0.3) is 11.4 Å². The van der Waals surface area contributed by atoms with Crippen LogP contribution in [0.2, 0.25) is 0 Å². The molecule has 1 aliphatic heterocycles. The number of rotatable bonds is 5. The Hall–Kier alpha value is -3.57. The molecule has 2 aromatic heterocycles. The highest BCUT2D eigenvalue weighted by Gasteiger charge is 2.36. The highest BCUT2D eigenvalue weighted by atomic mass is 19.4. The summed E-state index contributed by atoms with van der Waals surface area (Å²) < 4.78 is 67.4. The minimum atomic E-state index is -4.51. The lowest BCUT2D eigenvalue weighted by Crippen LogP contribution is -2.48. The van der Waals surface area contributed by atoms with E-state index in [1.165, 1.54) is 18.3 Å². The van der Waals surface area contributed by atoms with Crippen molar-refractivity contribution in [1.82, 2.24) is 19.9 Å². The Bertz CT molecular complexity index is 1160. The predicted molar refractivity (Wildman–Crippen MR) is 118 cm³/mol. The van der Waals surface area contributed by atoms with Gasteiger partial charge in [-0.25, -0.2) is 13.8 Å². The van der Waals surface area contributed by atoms with Gasteiger partial charge in [-0.05, 0) is 37.3 Å². The summed E-state index contributed by atoms with van der Waals surface area (Å²) in [5, 5.41) is 0. The van der Waals surface area contributed by atoms with Gasteiger partial charge in [-0.1, -0.05) is 0 Å². The van der Waals surface area contributed by atoms with Gasteiger partial charge in [-0.3, -0.25) is 0 Å². The standard InChI is InChI=1S/C22H22F5N7/c1-3-32(2)20-29-18(14-6-7-16(23)17(24)13-14)30-21(31-20)34-11-9-33(10-12-34)19-15(22(25,26)27)5-4-8-28-19/h4-8,13H,3,9-12H2,1-2H3. The lowest BCUT2D eigenvalue weighted by atomic mass is 10.2. The molecule has 1 saturated heterocycles. The molecule has 0 bridgehead atoms. The van der Waals surface area contributed by atoms with Crippen LogP contribution in [0.5, 0.6) is 0 Å². The highest BCUT2D eigenvalue weighted by molar-refractivity contribution is 5.59. The fraction of sp³-hybridized carbons (Fsp3) is 0.364. The summed E-state index contributed by atoms with van der Waals surface area (Å²) in [7, 11) is 1.78. The van der Waals surface area contributed by atoms with Gasteiger partial charge >= 0.3 is 6.18 Å². The van der Waals surface area contributed by atoms with Gasteiger partial charge in [0.2, 0.25) is 11.9 Å². The van der Waals surface area contributed by atoms with E-state index in [2.05, 4.69) is 19.9 Å². The van der Waals surface area contributed by atoms with E-state index in [4.69, 9.17) is 0 Å². The summed E-state index contributed by atoms with van der Waals surface area (Å²) in [5.74, 6) is -1.28. The first-order valence-electron chi connectivity index (χ1n) is 10.6. The lowest BCUT2D eigenvalue weighted by molar-refractivity contribution is -0.137. The number of aromatic nitrogens is 4. The molecule has 3 heterocycles. The van der Waals surface area contributed by atoms with E-state index >= 15 is 0 Å². The number of pyridine rings is 1. The van der Waals surface area contributed by atoms with E-state index in [0.29, 0.717) is 31.5 Å². The molecule has 1 aromatic carbocycles. The number of anilines is 3. The van der Waals surface area contributed by atoms with Crippen LogP contribution in [-0.2, 0) is 6.18 Å². The molecule has 7 nitrogen and oxygen atoms in total. The fourth-order valence-electron chi connectivity index (χ4n) is 3.56. The molecule has 3 aromatic rings. The first-order valence-corrected chi connectivity index (χ1v) is 10.6. The maximum absolute atomic E-state index is 13.8. The van der Waals surface area contributed by atoms with Crippen LogP contribution in [0.15, 0.2) is 36.5 Å². The Morgan fingerprint density at radius 3 is 2.29 bits per heavy atom. The Balaban J connectivity index is 1.61. The Morgan fingerprint density at radius 1 is 0.941 bits per heavy atom. The van der Waals surface area contributed by atoms with E-state index in [0.717, 1.165) is 18.2 Å². The number of nitrogens with zero attached hydrogens (tertiary/aromatic N) is 7. The minimum absolute atomic E-state index is 0.112. The smallest absolute Gasteiger partial charge is 0.353 e. The van der Waals surface area contributed by atoms with Crippen molar-refractivity contribution in [3.8, 4) is 11.4 Å². The molecule has 34 heavy (non-hydrogen) atoms. The molecule has 180 valence electrons. The summed E-state index contributed by atoms with van der Waals surface area (Å²) in [6.07, 6.45) is -3.17. The molecule has 0 radical (unpaired) electrons. The van der Waals surface area contributed by atoms with Crippen LogP contribution in [0.4, 0.5) is 39.7 Å². The second kappa shape index (κ2) is 9.35. The van der Waals surface area contributed by atoms with Gasteiger partial charge in [-0.2, -0.15) is 28.1 Å². The number of benzene rings is 1. The minimum Gasteiger partial charge on any atom is -0.353 e. The average molecular weight is 479 g/mol. The average Bonchev–Trinajstić information content (AvgIpc) is 2.84. The SMILES string of the molecule is CCN(C)c1nc(-c2ccc(F)c(F)c2)nc(N2CCN(c3ncccc3C(F)(F)F)CC2)n1. The van der Waals surface area contributed by atoms with Gasteiger partial charge in [0, 0.05) is 51.5 Å². The molecule has 0 saturated carbocycles. The summed E-state index contributed by atoms with van der Waals surface area (Å²) in [6.45, 7) is 3.71. The van der Waals surface area contributed by atoms with Gasteiger partial charge in [0.1, 0.15) is 5.82 Å². The second-order valence-electron chi connectivity index (χ2n) is 7.75. The quantitative estimate of drug-likeness (QED) is 0.513. The van der Waals surface area contributed by atoms with E-state index < -0.39 is 23.4 Å². The molecule has 1 aliphatic rings. The Kier molecular flexibility index (Phi) is 6.49. The van der Waals surface area contributed by atoms with Crippen molar-refractivity contribution >= 4 is 17.7 Å². The zero-order valence-electron chi connectivity index (χ0n) is 18.5. The molecule has 1 fully saturated rings. The zero-order valence-corrected chi connectivity index (χ0v) is 18.5. The van der Waals surface area contributed by atoms with Crippen LogP contribution >= 0.6 is 0 Å². The zero-order chi connectivity index (χ0) is 24.5. The van der Waals surface area contributed by atoms with Crippen molar-refractivity contribution in [3.05, 3.63) is 53.7 Å². The summed E-state index contributed by atoms with van der Waals surface area (Å²) in [4.78, 5) is 22.5. The number of alkyl halides is 3. The topological polar surface area (TPSA) is 61.3 Å². The molecule has 0 amide bonds. The van der Waals surface area contributed by atoms with Crippen LogP contribution in [0, 0.1) is 11.6 Å². The molecule has 0 N–H and O–H groups in total. The van der Waals surface area contributed by atoms with Gasteiger partial charge in [0.05, 0.1) is 5.56 Å². The van der Waals surface area contributed by atoms with Crippen molar-refractivity contribution in [2.45, 2.75) is 13.1 Å². The third-order valence-electron chi connectivity index (χ3n) is 5.56. The van der Waals surface area contributed by atoms with Crippen molar-refractivity contribution in [2.75, 3.05) is 54.5 Å². The first kappa shape index (κ1) is 23.6. The van der Waals surface area contributed by atoms with E-state index in [1.54, 1.807) is 16.8 Å². The van der Waals surface area contributed by atoms with Crippen molar-refractivity contribution in [1.29, 1.82) is 0 Å². The van der Waals surface area contributed by atoms with Crippen LogP contribution in [0.1, 0.15) is 12.5 Å². The molecule has 12 heteroatoms. The van der Waals surface area contributed by atoms with E-state index in [1.807, 2.05) is 11.8 Å². The van der Waals surface area contributed by atoms with Gasteiger partial charge in [0.25, 0.3) is 0 Å². The summed E-state index contributed by atoms with van der Waals surface area (Å²) >= 11 is 0. The third kappa shape index (κ3) is 4.85. The van der Waals surface area contributed by atoms with Crippen molar-refractivity contribution < 1.29 is 22.0 Å². The molecule has 0 unspecified atom stereocenters. The molecule has 0 aliphatic carbocycles. The van der Waals surface area contributed by atoms with Gasteiger partial charge < -0.3 is 14.7 Å². The van der Waals surface area contributed by atoms with Crippen LogP contribution in [0.3, 0.4) is 0 Å². The molecular weight excluding hydrogens is 457 g/mol. The normalized spacial score (nSPS) is 14.4. The van der Waals surface area contributed by atoms with Gasteiger partial charge in [-0.15, -0.1) is 0 Å². The summed E-state index contributed by atoms with van der Waals surface area (Å²) in [5.41, 5.74) is -0.494. The highest BCUT2D eigenvalue weighted by Crippen LogP contribution is 2.35. The number of hydrogen-bond acceptors (Lipinski definition) is 7. The van der Waals surface area contributed by atoms with Crippen molar-refractivity contribution in [2.24, 2.45) is 0 Å². The number of piperazine rings is 1. The monoisotopic (exact) mass is 479 g/mol. The third-order valence-corrected chi connectivity index (χ3v) is 5.56. The lowest BCUT2D eigenvalue weighted by Gasteiger charge is -2.36. The fourth-order valence-corrected chi connectivity index (χ4v) is 3.56. The van der Waals surface area contributed by atoms with E-state index in [-0.39, 0.29) is 30.3 Å². The molecule has 4 rings (SSSR count). The molecular formula is C22H22F5N7. The Labute approximate surface area is 192 Å². The maximum Gasteiger partial charge on any atom is 0.419 e. The molecule has 0 spiro atoms. The Morgan fingerprint density at radius 2 is 1.65 bits per heavy atom. The number of halogens is 5. The summed E-state index contributed by atoms with van der Waals surface area (Å²) in [6, 6.07) is 5.68. The van der Waals surface area contributed by atoms with Crippen LogP contribution < -0.4 is 14.7 Å². The largest absolute Gasteiger partial charge is 0.419 e.